The van der Waals surface area contributed by atoms with Crippen molar-refractivity contribution in [1.29, 1.82) is 0 Å². The third-order valence-corrected chi connectivity index (χ3v) is 2.89. The molecule has 1 aliphatic heterocycles. The Kier molecular flexibility index (Phi) is 1.13. The van der Waals surface area contributed by atoms with Gasteiger partial charge in [-0.3, -0.25) is 10.1 Å². The molecular formula is C7H12N2O2. The highest BCUT2D eigenvalue weighted by atomic mass is 16.4. The van der Waals surface area contributed by atoms with Crippen LogP contribution in [0.2, 0.25) is 0 Å². The molecule has 2 aliphatic rings. The standard InChI is InChI=1S/C7H12N2O2/c8-6-1-2-7(3-6,5(10)11)9-4-6/h9H,1-4,8H2,(H,10,11)/t6-,7-/m0/s1. The van der Waals surface area contributed by atoms with E-state index in [4.69, 9.17) is 10.8 Å². The predicted molar refractivity (Wildman–Crippen MR) is 39.1 cm³/mol. The van der Waals surface area contributed by atoms with Crippen LogP contribution in [0.4, 0.5) is 0 Å². The fourth-order valence-electron chi connectivity index (χ4n) is 2.15. The number of hydrogen-bond acceptors (Lipinski definition) is 3. The Hall–Kier alpha value is -0.610. The Bertz CT molecular complexity index is 206. The summed E-state index contributed by atoms with van der Waals surface area (Å²) in [6, 6.07) is 0. The van der Waals surface area contributed by atoms with E-state index in [-0.39, 0.29) is 5.54 Å². The molecule has 2 atom stereocenters. The molecule has 0 radical (unpaired) electrons. The van der Waals surface area contributed by atoms with Crippen LogP contribution in [0.3, 0.4) is 0 Å². The van der Waals surface area contributed by atoms with E-state index in [0.29, 0.717) is 19.4 Å². The molecule has 62 valence electrons. The smallest absolute Gasteiger partial charge is 0.323 e. The molecule has 4 nitrogen and oxygen atoms in total. The number of fused-ring (bicyclic) bond motifs is 2. The Morgan fingerprint density at radius 3 is 2.45 bits per heavy atom. The van der Waals surface area contributed by atoms with E-state index >= 15 is 0 Å². The third kappa shape index (κ3) is 0.795. The van der Waals surface area contributed by atoms with Crippen molar-refractivity contribution >= 4 is 5.97 Å². The average Bonchev–Trinajstić information content (AvgIpc) is 2.42. The van der Waals surface area contributed by atoms with Crippen LogP contribution < -0.4 is 11.1 Å². The van der Waals surface area contributed by atoms with Gasteiger partial charge in [0.1, 0.15) is 5.54 Å². The zero-order valence-corrected chi connectivity index (χ0v) is 6.26. The summed E-state index contributed by atoms with van der Waals surface area (Å²) < 4.78 is 0. The average molecular weight is 156 g/mol. The first-order valence-electron chi connectivity index (χ1n) is 3.84. The van der Waals surface area contributed by atoms with Gasteiger partial charge in [-0.2, -0.15) is 0 Å². The summed E-state index contributed by atoms with van der Waals surface area (Å²) in [6.45, 7) is 0.652. The minimum atomic E-state index is -0.748. The number of carboxylic acids is 1. The molecule has 0 aromatic carbocycles. The molecule has 1 aliphatic carbocycles. The van der Waals surface area contributed by atoms with Crippen molar-refractivity contribution in [2.24, 2.45) is 5.73 Å². The van der Waals surface area contributed by atoms with E-state index in [2.05, 4.69) is 5.32 Å². The molecule has 11 heavy (non-hydrogen) atoms. The van der Waals surface area contributed by atoms with Gasteiger partial charge in [0, 0.05) is 12.1 Å². The molecule has 1 heterocycles. The van der Waals surface area contributed by atoms with Gasteiger partial charge in [0.2, 0.25) is 0 Å². The minimum absolute atomic E-state index is 0.238. The zero-order valence-electron chi connectivity index (χ0n) is 6.26. The maximum Gasteiger partial charge on any atom is 0.323 e. The van der Waals surface area contributed by atoms with Gasteiger partial charge in [0.25, 0.3) is 0 Å². The molecule has 0 spiro atoms. The summed E-state index contributed by atoms with van der Waals surface area (Å²) in [5.41, 5.74) is 4.97. The topological polar surface area (TPSA) is 75.4 Å². The molecular weight excluding hydrogens is 144 g/mol. The van der Waals surface area contributed by atoms with Crippen molar-refractivity contribution in [3.05, 3.63) is 0 Å². The van der Waals surface area contributed by atoms with Crippen molar-refractivity contribution < 1.29 is 9.90 Å². The van der Waals surface area contributed by atoms with E-state index < -0.39 is 11.5 Å². The van der Waals surface area contributed by atoms with Crippen LogP contribution >= 0.6 is 0 Å². The Morgan fingerprint density at radius 2 is 2.27 bits per heavy atom. The number of nitrogens with two attached hydrogens (primary N) is 1. The molecule has 4 heteroatoms. The normalized spacial score (nSPS) is 48.1. The van der Waals surface area contributed by atoms with E-state index in [1.54, 1.807) is 0 Å². The second-order valence-corrected chi connectivity index (χ2v) is 3.78. The maximum absolute atomic E-state index is 10.8. The predicted octanol–water partition coefficient (Wildman–Crippen LogP) is -0.706. The van der Waals surface area contributed by atoms with Gasteiger partial charge in [0.15, 0.2) is 0 Å². The lowest BCUT2D eigenvalue weighted by molar-refractivity contribution is -0.144. The van der Waals surface area contributed by atoms with Crippen molar-refractivity contribution in [2.75, 3.05) is 6.54 Å². The Labute approximate surface area is 64.8 Å². The maximum atomic E-state index is 10.8. The van der Waals surface area contributed by atoms with Gasteiger partial charge in [0.05, 0.1) is 0 Å². The molecule has 4 N–H and O–H groups in total. The van der Waals surface area contributed by atoms with Crippen LogP contribution in [0.25, 0.3) is 0 Å². The highest BCUT2D eigenvalue weighted by molar-refractivity contribution is 5.80. The number of carboxylic acid groups (broad SMARTS) is 1. The zero-order chi connectivity index (χ0) is 8.11. The minimum Gasteiger partial charge on any atom is -0.480 e. The van der Waals surface area contributed by atoms with Gasteiger partial charge < -0.3 is 10.8 Å². The van der Waals surface area contributed by atoms with Gasteiger partial charge in [-0.1, -0.05) is 0 Å². The van der Waals surface area contributed by atoms with E-state index in [0.717, 1.165) is 6.42 Å². The number of carbonyl (C=O) groups is 1. The molecule has 0 aromatic rings. The van der Waals surface area contributed by atoms with Crippen LogP contribution in [0.1, 0.15) is 19.3 Å². The summed E-state index contributed by atoms with van der Waals surface area (Å²) in [7, 11) is 0. The molecule has 2 bridgehead atoms. The highest BCUT2D eigenvalue weighted by Crippen LogP contribution is 2.41. The summed E-state index contributed by atoms with van der Waals surface area (Å²) in [6.07, 6.45) is 2.11. The number of rotatable bonds is 1. The van der Waals surface area contributed by atoms with Crippen LogP contribution in [-0.2, 0) is 4.79 Å². The van der Waals surface area contributed by atoms with Crippen LogP contribution in [0.5, 0.6) is 0 Å². The fourth-order valence-corrected chi connectivity index (χ4v) is 2.15. The van der Waals surface area contributed by atoms with Gasteiger partial charge in [-0.25, -0.2) is 0 Å². The fraction of sp³-hybridized carbons (Fsp3) is 0.857. The molecule has 2 rings (SSSR count). The molecule has 0 unspecified atom stereocenters. The van der Waals surface area contributed by atoms with E-state index in [1.165, 1.54) is 0 Å². The molecule has 2 fully saturated rings. The first kappa shape index (κ1) is 7.06. The van der Waals surface area contributed by atoms with E-state index in [1.807, 2.05) is 0 Å². The summed E-state index contributed by atoms with van der Waals surface area (Å²) >= 11 is 0. The van der Waals surface area contributed by atoms with Gasteiger partial charge >= 0.3 is 5.97 Å². The molecule has 0 amide bonds. The molecule has 1 saturated carbocycles. The first-order chi connectivity index (χ1) is 5.06. The van der Waals surface area contributed by atoms with Crippen LogP contribution in [0.15, 0.2) is 0 Å². The highest BCUT2D eigenvalue weighted by Gasteiger charge is 2.56. The van der Waals surface area contributed by atoms with Gasteiger partial charge in [-0.05, 0) is 19.3 Å². The number of aliphatic carboxylic acids is 1. The second kappa shape index (κ2) is 1.76. The Balaban J connectivity index is 2.27. The summed E-state index contributed by atoms with van der Waals surface area (Å²) in [5.74, 6) is -0.748. The lowest BCUT2D eigenvalue weighted by Crippen LogP contribution is -2.49. The first-order valence-corrected chi connectivity index (χ1v) is 3.84. The number of piperidine rings is 1. The number of hydrogen-bond donors (Lipinski definition) is 3. The summed E-state index contributed by atoms with van der Waals surface area (Å²) in [4.78, 5) is 10.8. The second-order valence-electron chi connectivity index (χ2n) is 3.78. The Morgan fingerprint density at radius 1 is 1.55 bits per heavy atom. The van der Waals surface area contributed by atoms with Crippen LogP contribution in [0, 0.1) is 0 Å². The number of nitrogens with one attached hydrogen (secondary N) is 1. The SMILES string of the molecule is N[C@@]12CC[C@@](C(=O)O)(C1)NC2. The van der Waals surface area contributed by atoms with Crippen molar-refractivity contribution in [3.8, 4) is 0 Å². The lowest BCUT2D eigenvalue weighted by Gasteiger charge is -2.23. The largest absolute Gasteiger partial charge is 0.480 e. The third-order valence-electron chi connectivity index (χ3n) is 2.89. The lowest BCUT2D eigenvalue weighted by atomic mass is 9.99. The summed E-state index contributed by atoms with van der Waals surface area (Å²) in [5, 5.41) is 11.9. The quantitative estimate of drug-likeness (QED) is 0.469. The van der Waals surface area contributed by atoms with E-state index in [9.17, 15) is 4.79 Å². The van der Waals surface area contributed by atoms with Crippen molar-refractivity contribution in [1.82, 2.24) is 5.32 Å². The monoisotopic (exact) mass is 156 g/mol. The van der Waals surface area contributed by atoms with Crippen molar-refractivity contribution in [2.45, 2.75) is 30.3 Å². The molecule has 0 aromatic heterocycles. The van der Waals surface area contributed by atoms with Crippen molar-refractivity contribution in [3.63, 3.8) is 0 Å². The van der Waals surface area contributed by atoms with Gasteiger partial charge in [-0.15, -0.1) is 0 Å². The molecule has 1 saturated heterocycles. The van der Waals surface area contributed by atoms with Crippen LogP contribution in [-0.4, -0.2) is 28.7 Å².